The van der Waals surface area contributed by atoms with Gasteiger partial charge in [-0.2, -0.15) is 0 Å². The summed E-state index contributed by atoms with van der Waals surface area (Å²) >= 11 is 0. The fourth-order valence-electron chi connectivity index (χ4n) is 2.42. The van der Waals surface area contributed by atoms with Gasteiger partial charge in [-0.25, -0.2) is 9.97 Å². The van der Waals surface area contributed by atoms with E-state index < -0.39 is 4.92 Å². The number of nitrogens with zero attached hydrogens (tertiary/aromatic N) is 4. The highest BCUT2D eigenvalue weighted by molar-refractivity contribution is 5.91. The Morgan fingerprint density at radius 3 is 3.10 bits per heavy atom. The zero-order valence-corrected chi connectivity index (χ0v) is 11.2. The molecule has 3 rings (SSSR count). The smallest absolute Gasteiger partial charge is 0.270 e. The lowest BCUT2D eigenvalue weighted by molar-refractivity contribution is -0.384. The quantitative estimate of drug-likeness (QED) is 0.657. The maximum atomic E-state index is 10.9. The van der Waals surface area contributed by atoms with Gasteiger partial charge in [-0.05, 0) is 6.07 Å². The van der Waals surface area contributed by atoms with Crippen molar-refractivity contribution in [1.82, 2.24) is 9.97 Å². The third kappa shape index (κ3) is 2.63. The van der Waals surface area contributed by atoms with Crippen LogP contribution in [0.15, 0.2) is 24.5 Å². The predicted octanol–water partition coefficient (Wildman–Crippen LogP) is 0.735. The van der Waals surface area contributed by atoms with Gasteiger partial charge in [0, 0.05) is 30.6 Å². The molecule has 0 spiro atoms. The highest BCUT2D eigenvalue weighted by atomic mass is 16.6. The third-order valence-corrected chi connectivity index (χ3v) is 3.45. The van der Waals surface area contributed by atoms with Gasteiger partial charge < -0.3 is 14.7 Å². The van der Waals surface area contributed by atoms with Gasteiger partial charge in [0.15, 0.2) is 0 Å². The number of aliphatic hydroxyl groups excluding tert-OH is 1. The standard InChI is InChI=1S/C13H14N4O4/c18-7-10-6-16(3-4-21-10)13-11-5-9(17(19)20)1-2-12(11)14-8-15-13/h1-2,5,8,10,18H,3-4,6-7H2. The lowest BCUT2D eigenvalue weighted by atomic mass is 10.2. The lowest BCUT2D eigenvalue weighted by Gasteiger charge is -2.33. The maximum absolute atomic E-state index is 10.9. The molecule has 21 heavy (non-hydrogen) atoms. The minimum Gasteiger partial charge on any atom is -0.394 e. The van der Waals surface area contributed by atoms with Gasteiger partial charge in [0.1, 0.15) is 12.1 Å². The molecule has 1 saturated heterocycles. The van der Waals surface area contributed by atoms with Crippen molar-refractivity contribution in [2.24, 2.45) is 0 Å². The predicted molar refractivity (Wildman–Crippen MR) is 75.2 cm³/mol. The summed E-state index contributed by atoms with van der Waals surface area (Å²) in [6.07, 6.45) is 1.16. The van der Waals surface area contributed by atoms with Crippen LogP contribution in [0, 0.1) is 10.1 Å². The van der Waals surface area contributed by atoms with Crippen LogP contribution in [0.1, 0.15) is 0 Å². The Morgan fingerprint density at radius 2 is 2.33 bits per heavy atom. The van der Waals surface area contributed by atoms with Gasteiger partial charge in [0.25, 0.3) is 5.69 Å². The number of anilines is 1. The topological polar surface area (TPSA) is 102 Å². The minimum atomic E-state index is -0.438. The molecule has 1 aromatic heterocycles. The number of hydrogen-bond acceptors (Lipinski definition) is 7. The third-order valence-electron chi connectivity index (χ3n) is 3.45. The number of hydrogen-bond donors (Lipinski definition) is 1. The normalized spacial score (nSPS) is 18.9. The van der Waals surface area contributed by atoms with Crippen molar-refractivity contribution in [1.29, 1.82) is 0 Å². The molecule has 1 aliphatic rings. The first-order chi connectivity index (χ1) is 10.2. The number of nitro benzene ring substituents is 1. The molecule has 2 aromatic rings. The first-order valence-corrected chi connectivity index (χ1v) is 6.55. The van der Waals surface area contributed by atoms with E-state index in [2.05, 4.69) is 9.97 Å². The van der Waals surface area contributed by atoms with Crippen molar-refractivity contribution in [2.45, 2.75) is 6.10 Å². The van der Waals surface area contributed by atoms with E-state index in [1.807, 2.05) is 4.90 Å². The van der Waals surface area contributed by atoms with E-state index in [-0.39, 0.29) is 18.4 Å². The van der Waals surface area contributed by atoms with Crippen LogP contribution in [-0.2, 0) is 4.74 Å². The maximum Gasteiger partial charge on any atom is 0.270 e. The summed E-state index contributed by atoms with van der Waals surface area (Å²) in [4.78, 5) is 20.8. The molecule has 8 nitrogen and oxygen atoms in total. The van der Waals surface area contributed by atoms with Crippen LogP contribution in [0.4, 0.5) is 11.5 Å². The van der Waals surface area contributed by atoms with Crippen LogP contribution in [0.5, 0.6) is 0 Å². The van der Waals surface area contributed by atoms with Crippen molar-refractivity contribution >= 4 is 22.4 Å². The molecule has 1 fully saturated rings. The summed E-state index contributed by atoms with van der Waals surface area (Å²) in [6.45, 7) is 1.52. The van der Waals surface area contributed by atoms with E-state index in [4.69, 9.17) is 4.74 Å². The molecule has 0 saturated carbocycles. The van der Waals surface area contributed by atoms with Crippen molar-refractivity contribution in [3.05, 3.63) is 34.6 Å². The molecular formula is C13H14N4O4. The molecule has 1 atom stereocenters. The molecule has 0 radical (unpaired) electrons. The monoisotopic (exact) mass is 290 g/mol. The average Bonchev–Trinajstić information content (AvgIpc) is 2.53. The molecule has 1 aromatic carbocycles. The zero-order valence-electron chi connectivity index (χ0n) is 11.2. The lowest BCUT2D eigenvalue weighted by Crippen LogP contribution is -2.44. The van der Waals surface area contributed by atoms with Crippen LogP contribution in [0.25, 0.3) is 10.9 Å². The molecule has 1 aliphatic heterocycles. The van der Waals surface area contributed by atoms with Crippen LogP contribution in [-0.4, -0.2) is 52.4 Å². The summed E-state index contributed by atoms with van der Waals surface area (Å²) in [5.41, 5.74) is 0.656. The second-order valence-electron chi connectivity index (χ2n) is 4.78. The summed E-state index contributed by atoms with van der Waals surface area (Å²) in [7, 11) is 0. The van der Waals surface area contributed by atoms with Crippen LogP contribution in [0.2, 0.25) is 0 Å². The SMILES string of the molecule is O=[N+]([O-])c1ccc2ncnc(N3CCOC(CO)C3)c2c1. The zero-order chi connectivity index (χ0) is 14.8. The summed E-state index contributed by atoms with van der Waals surface area (Å²) in [5.74, 6) is 0.630. The highest BCUT2D eigenvalue weighted by Crippen LogP contribution is 2.27. The Kier molecular flexibility index (Phi) is 3.63. The fraction of sp³-hybridized carbons (Fsp3) is 0.385. The van der Waals surface area contributed by atoms with E-state index in [0.29, 0.717) is 36.4 Å². The number of aliphatic hydroxyl groups is 1. The number of nitro groups is 1. The highest BCUT2D eigenvalue weighted by Gasteiger charge is 2.23. The number of fused-ring (bicyclic) bond motifs is 1. The van der Waals surface area contributed by atoms with Gasteiger partial charge in [-0.15, -0.1) is 0 Å². The van der Waals surface area contributed by atoms with E-state index in [0.717, 1.165) is 0 Å². The molecule has 110 valence electrons. The molecule has 2 heterocycles. The van der Waals surface area contributed by atoms with Gasteiger partial charge in [-0.3, -0.25) is 10.1 Å². The van der Waals surface area contributed by atoms with Gasteiger partial charge in [0.2, 0.25) is 0 Å². The number of aromatic nitrogens is 2. The number of non-ortho nitro benzene ring substituents is 1. The Bertz CT molecular complexity index is 678. The molecule has 0 bridgehead atoms. The van der Waals surface area contributed by atoms with Crippen molar-refractivity contribution in [2.75, 3.05) is 31.2 Å². The molecular weight excluding hydrogens is 276 g/mol. The Morgan fingerprint density at radius 1 is 1.48 bits per heavy atom. The summed E-state index contributed by atoms with van der Waals surface area (Å²) in [5, 5.41) is 20.8. The largest absolute Gasteiger partial charge is 0.394 e. The minimum absolute atomic E-state index is 0.00511. The second-order valence-corrected chi connectivity index (χ2v) is 4.78. The number of rotatable bonds is 3. The summed E-state index contributed by atoms with van der Waals surface area (Å²) in [6, 6.07) is 4.52. The molecule has 0 aliphatic carbocycles. The number of morpholine rings is 1. The van der Waals surface area contributed by atoms with Crippen LogP contribution >= 0.6 is 0 Å². The van der Waals surface area contributed by atoms with Gasteiger partial charge in [-0.1, -0.05) is 0 Å². The van der Waals surface area contributed by atoms with E-state index in [1.165, 1.54) is 18.5 Å². The van der Waals surface area contributed by atoms with Gasteiger partial charge >= 0.3 is 0 Å². The van der Waals surface area contributed by atoms with E-state index in [9.17, 15) is 15.2 Å². The number of benzene rings is 1. The van der Waals surface area contributed by atoms with Crippen molar-refractivity contribution in [3.8, 4) is 0 Å². The van der Waals surface area contributed by atoms with Crippen LogP contribution < -0.4 is 4.90 Å². The van der Waals surface area contributed by atoms with Crippen LogP contribution in [0.3, 0.4) is 0 Å². The van der Waals surface area contributed by atoms with E-state index >= 15 is 0 Å². The molecule has 1 unspecified atom stereocenters. The second kappa shape index (κ2) is 5.58. The molecule has 0 amide bonds. The molecule has 1 N–H and O–H groups in total. The van der Waals surface area contributed by atoms with E-state index in [1.54, 1.807) is 6.07 Å². The first kappa shape index (κ1) is 13.7. The average molecular weight is 290 g/mol. The summed E-state index contributed by atoms with van der Waals surface area (Å²) < 4.78 is 5.41. The van der Waals surface area contributed by atoms with Crippen molar-refractivity contribution in [3.63, 3.8) is 0 Å². The van der Waals surface area contributed by atoms with Crippen molar-refractivity contribution < 1.29 is 14.8 Å². The molecule has 8 heteroatoms. The first-order valence-electron chi connectivity index (χ1n) is 6.55. The Balaban J connectivity index is 2.04. The number of ether oxygens (including phenoxy) is 1. The Hall–Kier alpha value is -2.32. The van der Waals surface area contributed by atoms with Gasteiger partial charge in [0.05, 0.1) is 29.8 Å². The Labute approximate surface area is 120 Å². The fourth-order valence-corrected chi connectivity index (χ4v) is 2.42.